The van der Waals surface area contributed by atoms with Crippen LogP contribution in [-0.2, 0) is 9.47 Å². The van der Waals surface area contributed by atoms with Crippen molar-refractivity contribution in [3.05, 3.63) is 0 Å². The van der Waals surface area contributed by atoms with Crippen molar-refractivity contribution in [3.8, 4) is 0 Å². The summed E-state index contributed by atoms with van der Waals surface area (Å²) in [4.78, 5) is 0. The topological polar surface area (TPSA) is 56.5 Å². The van der Waals surface area contributed by atoms with Crippen molar-refractivity contribution >= 4 is 0 Å². The fraction of sp³-hybridized carbons (Fsp3) is 1.00. The van der Waals surface area contributed by atoms with Gasteiger partial charge in [0.1, 0.15) is 0 Å². The van der Waals surface area contributed by atoms with Gasteiger partial charge >= 0.3 is 0 Å². The molecule has 0 radical (unpaired) electrons. The molecule has 0 aromatic heterocycles. The molecule has 0 amide bonds. The molecule has 0 aliphatic heterocycles. The lowest BCUT2D eigenvalue weighted by Gasteiger charge is -2.10. The van der Waals surface area contributed by atoms with E-state index in [9.17, 15) is 0 Å². The molecule has 0 rings (SSSR count). The maximum Gasteiger partial charge on any atom is 0.0700 e. The molecule has 4 heteroatoms. The van der Waals surface area contributed by atoms with Crippen molar-refractivity contribution in [3.63, 3.8) is 0 Å². The second-order valence-corrected chi connectivity index (χ2v) is 3.05. The predicted molar refractivity (Wildman–Crippen MR) is 53.8 cm³/mol. The minimum absolute atomic E-state index is 0.402. The number of nitrogens with two attached hydrogens (primary N) is 1. The molecule has 4 nitrogen and oxygen atoms in total. The average molecular weight is 190 g/mol. The summed E-state index contributed by atoms with van der Waals surface area (Å²) in [6, 6.07) is 0.402. The van der Waals surface area contributed by atoms with Crippen LogP contribution in [-0.4, -0.2) is 46.1 Å². The van der Waals surface area contributed by atoms with Gasteiger partial charge in [0.2, 0.25) is 0 Å². The van der Waals surface area contributed by atoms with Gasteiger partial charge in [0.15, 0.2) is 0 Å². The number of rotatable bonds is 9. The molecule has 13 heavy (non-hydrogen) atoms. The highest BCUT2D eigenvalue weighted by Crippen LogP contribution is 1.83. The number of methoxy groups -OCH3 is 1. The van der Waals surface area contributed by atoms with Crippen LogP contribution in [0.25, 0.3) is 0 Å². The molecule has 1 atom stereocenters. The minimum atomic E-state index is 0.402. The molecule has 0 aromatic carbocycles. The molecule has 1 unspecified atom stereocenters. The predicted octanol–water partition coefficient (Wildman–Crippen LogP) is -0.0237. The molecule has 80 valence electrons. The smallest absolute Gasteiger partial charge is 0.0700 e. The van der Waals surface area contributed by atoms with Gasteiger partial charge in [-0.3, -0.25) is 0 Å². The van der Waals surface area contributed by atoms with Crippen molar-refractivity contribution in [2.45, 2.75) is 19.4 Å². The van der Waals surface area contributed by atoms with Crippen molar-refractivity contribution < 1.29 is 9.47 Å². The van der Waals surface area contributed by atoms with E-state index in [2.05, 4.69) is 12.2 Å². The zero-order valence-electron chi connectivity index (χ0n) is 8.71. The van der Waals surface area contributed by atoms with E-state index in [1.165, 1.54) is 0 Å². The summed E-state index contributed by atoms with van der Waals surface area (Å²) in [5.41, 5.74) is 5.44. The van der Waals surface area contributed by atoms with Crippen molar-refractivity contribution in [2.75, 3.05) is 40.0 Å². The SMILES string of the molecule is COCCOCCCNC(C)CN. The van der Waals surface area contributed by atoms with Crippen molar-refractivity contribution in [1.82, 2.24) is 5.32 Å². The van der Waals surface area contributed by atoms with E-state index < -0.39 is 0 Å². The summed E-state index contributed by atoms with van der Waals surface area (Å²) in [5.74, 6) is 0. The Hall–Kier alpha value is -0.160. The fourth-order valence-electron chi connectivity index (χ4n) is 0.850. The van der Waals surface area contributed by atoms with E-state index in [4.69, 9.17) is 15.2 Å². The van der Waals surface area contributed by atoms with E-state index in [0.29, 0.717) is 25.8 Å². The molecule has 0 spiro atoms. The first kappa shape index (κ1) is 12.8. The Kier molecular flexibility index (Phi) is 9.80. The molecule has 0 bridgehead atoms. The monoisotopic (exact) mass is 190 g/mol. The van der Waals surface area contributed by atoms with Crippen LogP contribution in [0.4, 0.5) is 0 Å². The van der Waals surface area contributed by atoms with Crippen LogP contribution in [0.1, 0.15) is 13.3 Å². The second kappa shape index (κ2) is 9.92. The lowest BCUT2D eigenvalue weighted by atomic mass is 10.3. The highest BCUT2D eigenvalue weighted by molar-refractivity contribution is 4.59. The van der Waals surface area contributed by atoms with Crippen LogP contribution < -0.4 is 11.1 Å². The molecule has 0 aliphatic rings. The van der Waals surface area contributed by atoms with E-state index in [1.54, 1.807) is 7.11 Å². The summed E-state index contributed by atoms with van der Waals surface area (Å²) in [7, 11) is 1.67. The third-order valence-electron chi connectivity index (χ3n) is 1.74. The maximum absolute atomic E-state index is 5.44. The van der Waals surface area contributed by atoms with E-state index in [0.717, 1.165) is 19.6 Å². The molecule has 3 N–H and O–H groups in total. The lowest BCUT2D eigenvalue weighted by Crippen LogP contribution is -2.34. The van der Waals surface area contributed by atoms with E-state index in [1.807, 2.05) is 0 Å². The van der Waals surface area contributed by atoms with Gasteiger partial charge < -0.3 is 20.5 Å². The molecule has 0 saturated heterocycles. The van der Waals surface area contributed by atoms with Crippen LogP contribution in [0.3, 0.4) is 0 Å². The zero-order valence-corrected chi connectivity index (χ0v) is 8.71. The van der Waals surface area contributed by atoms with Gasteiger partial charge in [-0.25, -0.2) is 0 Å². The normalized spacial score (nSPS) is 13.2. The Bertz CT molecular complexity index is 102. The van der Waals surface area contributed by atoms with Gasteiger partial charge in [-0.15, -0.1) is 0 Å². The van der Waals surface area contributed by atoms with Crippen molar-refractivity contribution in [2.24, 2.45) is 5.73 Å². The van der Waals surface area contributed by atoms with Gasteiger partial charge in [0.05, 0.1) is 13.2 Å². The second-order valence-electron chi connectivity index (χ2n) is 3.05. The Balaban J connectivity index is 2.91. The highest BCUT2D eigenvalue weighted by atomic mass is 16.5. The van der Waals surface area contributed by atoms with Crippen LogP contribution >= 0.6 is 0 Å². The standard InChI is InChI=1S/C9H22N2O2/c1-9(8-10)11-4-3-5-13-7-6-12-2/h9,11H,3-8,10H2,1-2H3. The summed E-state index contributed by atoms with van der Waals surface area (Å²) in [6.07, 6.45) is 1.02. The zero-order chi connectivity index (χ0) is 9.94. The molecule has 0 fully saturated rings. The Labute approximate surface area is 80.8 Å². The Morgan fingerprint density at radius 1 is 1.31 bits per heavy atom. The first-order valence-corrected chi connectivity index (χ1v) is 4.81. The highest BCUT2D eigenvalue weighted by Gasteiger charge is 1.95. The van der Waals surface area contributed by atoms with Gasteiger partial charge in [-0.05, 0) is 19.9 Å². The van der Waals surface area contributed by atoms with Gasteiger partial charge in [-0.2, -0.15) is 0 Å². The van der Waals surface area contributed by atoms with Gasteiger partial charge in [0.25, 0.3) is 0 Å². The van der Waals surface area contributed by atoms with Gasteiger partial charge in [-0.1, -0.05) is 0 Å². The van der Waals surface area contributed by atoms with Gasteiger partial charge in [0, 0.05) is 26.3 Å². The molecule has 0 heterocycles. The Morgan fingerprint density at radius 3 is 2.69 bits per heavy atom. The summed E-state index contributed by atoms with van der Waals surface area (Å²) >= 11 is 0. The fourth-order valence-corrected chi connectivity index (χ4v) is 0.850. The third-order valence-corrected chi connectivity index (χ3v) is 1.74. The minimum Gasteiger partial charge on any atom is -0.382 e. The van der Waals surface area contributed by atoms with E-state index in [-0.39, 0.29) is 0 Å². The summed E-state index contributed by atoms with van der Waals surface area (Å²) in [6.45, 7) is 5.87. The molecular formula is C9H22N2O2. The average Bonchev–Trinajstić information content (AvgIpc) is 2.16. The lowest BCUT2D eigenvalue weighted by molar-refractivity contribution is 0.0693. The number of hydrogen-bond acceptors (Lipinski definition) is 4. The van der Waals surface area contributed by atoms with Crippen molar-refractivity contribution in [1.29, 1.82) is 0 Å². The molecule has 0 aromatic rings. The number of nitrogens with one attached hydrogen (secondary N) is 1. The first-order chi connectivity index (χ1) is 6.31. The molecule has 0 aliphatic carbocycles. The summed E-state index contributed by atoms with van der Waals surface area (Å²) in [5, 5.41) is 3.29. The molecule has 0 saturated carbocycles. The number of hydrogen-bond donors (Lipinski definition) is 2. The van der Waals surface area contributed by atoms with Crippen LogP contribution in [0, 0.1) is 0 Å². The molecular weight excluding hydrogens is 168 g/mol. The van der Waals surface area contributed by atoms with Crippen LogP contribution in [0.2, 0.25) is 0 Å². The number of ether oxygens (including phenoxy) is 2. The first-order valence-electron chi connectivity index (χ1n) is 4.81. The largest absolute Gasteiger partial charge is 0.382 e. The third kappa shape index (κ3) is 9.76. The quantitative estimate of drug-likeness (QED) is 0.502. The van der Waals surface area contributed by atoms with Crippen LogP contribution in [0.15, 0.2) is 0 Å². The van der Waals surface area contributed by atoms with E-state index >= 15 is 0 Å². The summed E-state index contributed by atoms with van der Waals surface area (Å²) < 4.78 is 10.1. The van der Waals surface area contributed by atoms with Crippen LogP contribution in [0.5, 0.6) is 0 Å². The Morgan fingerprint density at radius 2 is 2.08 bits per heavy atom. The maximum atomic E-state index is 5.44.